The second kappa shape index (κ2) is 5.41. The third-order valence-electron chi connectivity index (χ3n) is 3.36. The first kappa shape index (κ1) is 12.2. The lowest BCUT2D eigenvalue weighted by molar-refractivity contribution is 0.151. The summed E-state index contributed by atoms with van der Waals surface area (Å²) in [6.45, 7) is 5.16. The minimum Gasteiger partial charge on any atom is -0.491 e. The van der Waals surface area contributed by atoms with Crippen LogP contribution >= 0.6 is 0 Å². The molecular weight excluding hydrogens is 212 g/mol. The van der Waals surface area contributed by atoms with Crippen molar-refractivity contribution >= 4 is 5.69 Å². The summed E-state index contributed by atoms with van der Waals surface area (Å²) in [5, 5.41) is 0. The number of nitrogens with two attached hydrogens (primary N) is 1. The Kier molecular flexibility index (Phi) is 3.89. The maximum absolute atomic E-state index is 5.93. The van der Waals surface area contributed by atoms with E-state index in [1.807, 2.05) is 25.1 Å². The molecule has 0 spiro atoms. The lowest BCUT2D eigenvalue weighted by Gasteiger charge is -2.29. The molecule has 17 heavy (non-hydrogen) atoms. The summed E-state index contributed by atoms with van der Waals surface area (Å²) < 4.78 is 5.83. The molecule has 2 rings (SSSR count). The highest BCUT2D eigenvalue weighted by atomic mass is 16.5. The van der Waals surface area contributed by atoms with Gasteiger partial charge in [-0.1, -0.05) is 6.07 Å². The Morgan fingerprint density at radius 2 is 2.29 bits per heavy atom. The number of nitrogens with zero attached hydrogens (tertiary/aromatic N) is 1. The number of nitrogen functional groups attached to an aromatic ring is 1. The van der Waals surface area contributed by atoms with Crippen LogP contribution in [0, 0.1) is 12.8 Å². The lowest BCUT2D eigenvalue weighted by Crippen LogP contribution is -2.34. The smallest absolute Gasteiger partial charge is 0.142 e. The molecule has 1 aromatic rings. The average Bonchev–Trinajstić information content (AvgIpc) is 2.28. The number of hydrogen-bond acceptors (Lipinski definition) is 3. The predicted molar refractivity (Wildman–Crippen MR) is 71.3 cm³/mol. The van der Waals surface area contributed by atoms with Crippen LogP contribution in [0.5, 0.6) is 5.75 Å². The quantitative estimate of drug-likeness (QED) is 0.816. The number of anilines is 1. The molecule has 0 aliphatic carbocycles. The van der Waals surface area contributed by atoms with Gasteiger partial charge in [-0.25, -0.2) is 0 Å². The lowest BCUT2D eigenvalue weighted by atomic mass is 9.99. The van der Waals surface area contributed by atoms with E-state index in [9.17, 15) is 0 Å². The Bertz CT molecular complexity index is 378. The Balaban J connectivity index is 1.88. The van der Waals surface area contributed by atoms with E-state index in [0.29, 0.717) is 5.92 Å². The van der Waals surface area contributed by atoms with E-state index in [2.05, 4.69) is 11.9 Å². The fraction of sp³-hybridized carbons (Fsp3) is 0.571. The van der Waals surface area contributed by atoms with E-state index in [1.165, 1.54) is 24.9 Å². The fourth-order valence-corrected chi connectivity index (χ4v) is 2.42. The largest absolute Gasteiger partial charge is 0.491 e. The molecule has 1 saturated heterocycles. The Morgan fingerprint density at radius 1 is 1.47 bits per heavy atom. The molecule has 1 heterocycles. The van der Waals surface area contributed by atoms with Crippen molar-refractivity contribution in [3.05, 3.63) is 23.8 Å². The minimum absolute atomic E-state index is 0.634. The van der Waals surface area contributed by atoms with Gasteiger partial charge in [0.1, 0.15) is 5.75 Å². The molecule has 94 valence electrons. The van der Waals surface area contributed by atoms with Gasteiger partial charge in [-0.05, 0) is 51.1 Å². The molecule has 1 fully saturated rings. The molecule has 0 amide bonds. The van der Waals surface area contributed by atoms with Gasteiger partial charge in [0.05, 0.1) is 12.3 Å². The third-order valence-corrected chi connectivity index (χ3v) is 3.36. The first-order valence-electron chi connectivity index (χ1n) is 6.32. The van der Waals surface area contributed by atoms with Crippen molar-refractivity contribution in [3.8, 4) is 5.75 Å². The van der Waals surface area contributed by atoms with Gasteiger partial charge in [0.2, 0.25) is 0 Å². The molecule has 1 aliphatic rings. The van der Waals surface area contributed by atoms with Crippen molar-refractivity contribution in [2.75, 3.05) is 32.5 Å². The zero-order chi connectivity index (χ0) is 12.3. The van der Waals surface area contributed by atoms with Crippen molar-refractivity contribution in [2.45, 2.75) is 19.8 Å². The van der Waals surface area contributed by atoms with Crippen molar-refractivity contribution in [1.82, 2.24) is 4.90 Å². The molecule has 0 bridgehead atoms. The average molecular weight is 234 g/mol. The highest BCUT2D eigenvalue weighted by Crippen LogP contribution is 2.24. The predicted octanol–water partition coefficient (Wildman–Crippen LogP) is 2.30. The van der Waals surface area contributed by atoms with Crippen LogP contribution < -0.4 is 10.5 Å². The van der Waals surface area contributed by atoms with Crippen LogP contribution in [0.25, 0.3) is 0 Å². The van der Waals surface area contributed by atoms with E-state index in [0.717, 1.165) is 24.6 Å². The van der Waals surface area contributed by atoms with Gasteiger partial charge < -0.3 is 15.4 Å². The van der Waals surface area contributed by atoms with E-state index in [4.69, 9.17) is 10.5 Å². The van der Waals surface area contributed by atoms with Crippen LogP contribution in [0.3, 0.4) is 0 Å². The van der Waals surface area contributed by atoms with Crippen LogP contribution in [0.4, 0.5) is 5.69 Å². The van der Waals surface area contributed by atoms with Crippen molar-refractivity contribution < 1.29 is 4.74 Å². The first-order valence-corrected chi connectivity index (χ1v) is 6.32. The molecule has 1 atom stereocenters. The number of hydrogen-bond donors (Lipinski definition) is 1. The first-order chi connectivity index (χ1) is 8.15. The number of benzene rings is 1. The van der Waals surface area contributed by atoms with Gasteiger partial charge in [0, 0.05) is 12.5 Å². The Labute approximate surface area is 104 Å². The van der Waals surface area contributed by atoms with E-state index in [-0.39, 0.29) is 0 Å². The highest BCUT2D eigenvalue weighted by Gasteiger charge is 2.17. The number of aryl methyl sites for hydroxylation is 1. The van der Waals surface area contributed by atoms with Gasteiger partial charge in [0.25, 0.3) is 0 Å². The van der Waals surface area contributed by atoms with Crippen LogP contribution in [0.15, 0.2) is 18.2 Å². The highest BCUT2D eigenvalue weighted by molar-refractivity contribution is 5.53. The summed E-state index contributed by atoms with van der Waals surface area (Å²) in [6, 6.07) is 5.97. The van der Waals surface area contributed by atoms with Crippen molar-refractivity contribution in [1.29, 1.82) is 0 Å². The topological polar surface area (TPSA) is 38.5 Å². The summed E-state index contributed by atoms with van der Waals surface area (Å²) in [4.78, 5) is 2.37. The van der Waals surface area contributed by atoms with Crippen molar-refractivity contribution in [2.24, 2.45) is 5.92 Å². The summed E-state index contributed by atoms with van der Waals surface area (Å²) in [6.07, 6.45) is 2.53. The molecule has 0 unspecified atom stereocenters. The molecule has 0 saturated carbocycles. The van der Waals surface area contributed by atoms with Crippen LogP contribution in [0.2, 0.25) is 0 Å². The number of piperidine rings is 1. The Hall–Kier alpha value is -1.22. The molecule has 3 heteroatoms. The SMILES string of the molecule is Cc1ccc(OC[C@@H]2CCCN(C)C2)c(N)c1. The molecular formula is C14H22N2O. The van der Waals surface area contributed by atoms with E-state index >= 15 is 0 Å². The van der Waals surface area contributed by atoms with Crippen molar-refractivity contribution in [3.63, 3.8) is 0 Å². The van der Waals surface area contributed by atoms with Crippen LogP contribution in [0.1, 0.15) is 18.4 Å². The van der Waals surface area contributed by atoms with Gasteiger partial charge in [-0.15, -0.1) is 0 Å². The maximum atomic E-state index is 5.93. The standard InChI is InChI=1S/C14H22N2O/c1-11-5-6-14(13(15)8-11)17-10-12-4-3-7-16(2)9-12/h5-6,8,12H,3-4,7,9-10,15H2,1-2H3/t12-/m1/s1. The molecule has 1 aromatic carbocycles. The van der Waals surface area contributed by atoms with Crippen LogP contribution in [-0.4, -0.2) is 31.6 Å². The zero-order valence-corrected chi connectivity index (χ0v) is 10.8. The molecule has 2 N–H and O–H groups in total. The van der Waals surface area contributed by atoms with Gasteiger partial charge in [-0.2, -0.15) is 0 Å². The fourth-order valence-electron chi connectivity index (χ4n) is 2.42. The second-order valence-corrected chi connectivity index (χ2v) is 5.12. The Morgan fingerprint density at radius 3 is 3.00 bits per heavy atom. The molecule has 0 radical (unpaired) electrons. The maximum Gasteiger partial charge on any atom is 0.142 e. The van der Waals surface area contributed by atoms with E-state index in [1.54, 1.807) is 0 Å². The number of ether oxygens (including phenoxy) is 1. The van der Waals surface area contributed by atoms with Gasteiger partial charge in [-0.3, -0.25) is 0 Å². The van der Waals surface area contributed by atoms with Gasteiger partial charge >= 0.3 is 0 Å². The monoisotopic (exact) mass is 234 g/mol. The summed E-state index contributed by atoms with van der Waals surface area (Å²) in [5.41, 5.74) is 7.85. The zero-order valence-electron chi connectivity index (χ0n) is 10.8. The summed E-state index contributed by atoms with van der Waals surface area (Å²) in [5.74, 6) is 1.46. The third kappa shape index (κ3) is 3.37. The number of likely N-dealkylation sites (tertiary alicyclic amines) is 1. The summed E-state index contributed by atoms with van der Waals surface area (Å²) >= 11 is 0. The molecule has 0 aromatic heterocycles. The molecule has 1 aliphatic heterocycles. The van der Waals surface area contributed by atoms with Gasteiger partial charge in [0.15, 0.2) is 0 Å². The minimum atomic E-state index is 0.634. The second-order valence-electron chi connectivity index (χ2n) is 5.12. The normalized spacial score (nSPS) is 21.4. The number of rotatable bonds is 3. The summed E-state index contributed by atoms with van der Waals surface area (Å²) in [7, 11) is 2.17. The van der Waals surface area contributed by atoms with E-state index < -0.39 is 0 Å². The van der Waals surface area contributed by atoms with Crippen LogP contribution in [-0.2, 0) is 0 Å². The molecule has 3 nitrogen and oxygen atoms in total.